The largest absolute Gasteiger partial charge is 0.396 e. The summed E-state index contributed by atoms with van der Waals surface area (Å²) >= 11 is 0. The van der Waals surface area contributed by atoms with Gasteiger partial charge in [0, 0.05) is 25.9 Å². The number of nitrogens with zero attached hydrogens (tertiary/aromatic N) is 1. The number of likely N-dealkylation sites (tertiary alicyclic amines) is 1. The maximum atomic E-state index is 13.9. The maximum Gasteiger partial charge on any atom is 0.250 e. The van der Waals surface area contributed by atoms with Crippen LogP contribution in [0.25, 0.3) is 0 Å². The van der Waals surface area contributed by atoms with Gasteiger partial charge in [0.15, 0.2) is 0 Å². The highest BCUT2D eigenvalue weighted by Crippen LogP contribution is 2.64. The molecule has 0 aromatic heterocycles. The van der Waals surface area contributed by atoms with E-state index in [0.717, 1.165) is 23.2 Å². The van der Waals surface area contributed by atoms with E-state index in [1.807, 2.05) is 39.0 Å². The van der Waals surface area contributed by atoms with Crippen molar-refractivity contribution in [2.75, 3.05) is 25.5 Å². The number of hydrogen-bond acceptors (Lipinski definition) is 5. The van der Waals surface area contributed by atoms with Crippen molar-refractivity contribution >= 4 is 23.4 Å². The molecule has 3 fully saturated rings. The molecule has 0 saturated carbocycles. The molecule has 0 radical (unpaired) electrons. The lowest BCUT2D eigenvalue weighted by Gasteiger charge is -2.33. The highest BCUT2D eigenvalue weighted by Gasteiger charge is 2.78. The average molecular weight is 472 g/mol. The summed E-state index contributed by atoms with van der Waals surface area (Å²) in [6.07, 6.45) is 3.90. The van der Waals surface area contributed by atoms with Gasteiger partial charge in [-0.2, -0.15) is 0 Å². The summed E-state index contributed by atoms with van der Waals surface area (Å²) < 4.78 is 6.69. The van der Waals surface area contributed by atoms with Crippen LogP contribution in [0, 0.1) is 25.7 Å². The van der Waals surface area contributed by atoms with Crippen molar-refractivity contribution in [2.24, 2.45) is 11.8 Å². The second kappa shape index (κ2) is 9.30. The zero-order chi connectivity index (χ0) is 24.7. The first kappa shape index (κ1) is 24.7. The fourth-order valence-corrected chi connectivity index (χ4v) is 6.45. The van der Waals surface area contributed by atoms with E-state index in [1.165, 1.54) is 0 Å². The Labute approximate surface area is 201 Å². The number of aliphatic hydroxyl groups excluding tert-OH is 1. The number of benzene rings is 1. The third-order valence-corrected chi connectivity index (χ3v) is 8.17. The molecule has 2 unspecified atom stereocenters. The molecule has 34 heavy (non-hydrogen) atoms. The van der Waals surface area contributed by atoms with E-state index < -0.39 is 29.1 Å². The number of amides is 3. The lowest BCUT2D eigenvalue weighted by Crippen LogP contribution is -2.53. The maximum absolute atomic E-state index is 13.9. The number of rotatable bonds is 9. The van der Waals surface area contributed by atoms with Crippen LogP contribution in [-0.4, -0.2) is 65.2 Å². The minimum Gasteiger partial charge on any atom is -0.396 e. The third-order valence-electron chi connectivity index (χ3n) is 8.17. The summed E-state index contributed by atoms with van der Waals surface area (Å²) in [7, 11) is 1.58. The lowest BCUT2D eigenvalue weighted by atomic mass is 9.65. The smallest absolute Gasteiger partial charge is 0.250 e. The number of hydrogen-bond donors (Lipinski definition) is 3. The molecule has 5 atom stereocenters. The summed E-state index contributed by atoms with van der Waals surface area (Å²) in [5, 5.41) is 15.0. The van der Waals surface area contributed by atoms with Gasteiger partial charge in [0.2, 0.25) is 17.7 Å². The average Bonchev–Trinajstić information content (AvgIpc) is 3.42. The van der Waals surface area contributed by atoms with Gasteiger partial charge in [-0.15, -0.1) is 0 Å². The molecule has 2 bridgehead atoms. The quantitative estimate of drug-likeness (QED) is 0.479. The molecule has 1 aromatic rings. The Bertz CT molecular complexity index is 981. The minimum absolute atomic E-state index is 0.0952. The zero-order valence-electron chi connectivity index (χ0n) is 20.6. The predicted octanol–water partition coefficient (Wildman–Crippen LogP) is 2.31. The van der Waals surface area contributed by atoms with Crippen LogP contribution in [-0.2, 0) is 19.1 Å². The fourth-order valence-electron chi connectivity index (χ4n) is 6.45. The van der Waals surface area contributed by atoms with Crippen molar-refractivity contribution in [3.63, 3.8) is 0 Å². The van der Waals surface area contributed by atoms with Crippen molar-refractivity contribution in [1.29, 1.82) is 0 Å². The molecule has 3 aliphatic heterocycles. The Hall–Kier alpha value is -2.45. The Morgan fingerprint density at radius 2 is 1.94 bits per heavy atom. The second-order valence-corrected chi connectivity index (χ2v) is 10.1. The van der Waals surface area contributed by atoms with Crippen LogP contribution in [0.2, 0.25) is 0 Å². The van der Waals surface area contributed by atoms with Gasteiger partial charge < -0.3 is 25.4 Å². The van der Waals surface area contributed by atoms with Gasteiger partial charge >= 0.3 is 0 Å². The monoisotopic (exact) mass is 471 g/mol. The molecular formula is C26H37N3O5. The van der Waals surface area contributed by atoms with Crippen molar-refractivity contribution in [3.05, 3.63) is 29.3 Å². The summed E-state index contributed by atoms with van der Waals surface area (Å²) in [6.45, 7) is 6.38. The van der Waals surface area contributed by atoms with Crippen molar-refractivity contribution in [3.8, 4) is 0 Å². The molecule has 0 aliphatic carbocycles. The van der Waals surface area contributed by atoms with Gasteiger partial charge in [0.25, 0.3) is 0 Å². The van der Waals surface area contributed by atoms with Crippen LogP contribution >= 0.6 is 0 Å². The number of carbonyl (C=O) groups excluding carboxylic acids is 3. The van der Waals surface area contributed by atoms with Crippen LogP contribution in [0.4, 0.5) is 5.69 Å². The Kier molecular flexibility index (Phi) is 6.75. The standard InChI is InChI=1S/C26H37N3O5/c1-5-25-11-12-26(34-25)20(19(25)22(31)27-4)24(33)29(13-7-6-8-14-30)21(26)23(32)28-18-15-16(2)9-10-17(18)3/h9-10,15,19-21,30H,5-8,11-14H2,1-4H3,(H,27,31)(H,28,32)/t19-,20-,21?,25+,26?/m0/s1. The van der Waals surface area contributed by atoms with Crippen molar-refractivity contribution in [2.45, 2.75) is 76.5 Å². The molecule has 3 aliphatic rings. The SMILES string of the molecule is CC[C@]12CCC3(O1)C(C(=O)Nc1cc(C)ccc1C)N(CCCCCO)C(=O)[C@@H]3[C@H]2C(=O)NC. The van der Waals surface area contributed by atoms with E-state index in [4.69, 9.17) is 9.84 Å². The minimum atomic E-state index is -1.01. The van der Waals surface area contributed by atoms with Gasteiger partial charge in [-0.25, -0.2) is 0 Å². The molecule has 3 heterocycles. The van der Waals surface area contributed by atoms with E-state index in [9.17, 15) is 14.4 Å². The van der Waals surface area contributed by atoms with Gasteiger partial charge in [0.1, 0.15) is 11.6 Å². The summed E-state index contributed by atoms with van der Waals surface area (Å²) in [5.41, 5.74) is 0.961. The summed E-state index contributed by atoms with van der Waals surface area (Å²) in [4.78, 5) is 42.4. The molecule has 1 spiro atoms. The molecule has 8 heteroatoms. The molecular weight excluding hydrogens is 434 g/mol. The number of anilines is 1. The Balaban J connectivity index is 1.72. The van der Waals surface area contributed by atoms with Crippen LogP contribution in [0.3, 0.4) is 0 Å². The van der Waals surface area contributed by atoms with Gasteiger partial charge in [-0.1, -0.05) is 19.1 Å². The molecule has 4 rings (SSSR count). The van der Waals surface area contributed by atoms with Gasteiger partial charge in [0.05, 0.1) is 17.4 Å². The topological polar surface area (TPSA) is 108 Å². The van der Waals surface area contributed by atoms with Gasteiger partial charge in [-0.3, -0.25) is 14.4 Å². The number of unbranched alkanes of at least 4 members (excludes halogenated alkanes) is 2. The number of nitrogens with one attached hydrogen (secondary N) is 2. The van der Waals surface area contributed by atoms with Crippen molar-refractivity contribution in [1.82, 2.24) is 10.2 Å². The van der Waals surface area contributed by atoms with E-state index in [1.54, 1.807) is 11.9 Å². The van der Waals surface area contributed by atoms with Crippen molar-refractivity contribution < 1.29 is 24.2 Å². The highest BCUT2D eigenvalue weighted by atomic mass is 16.5. The normalized spacial score (nSPS) is 31.6. The molecule has 3 N–H and O–H groups in total. The first-order valence-corrected chi connectivity index (χ1v) is 12.5. The van der Waals surface area contributed by atoms with Crippen LogP contribution < -0.4 is 10.6 Å². The third kappa shape index (κ3) is 3.71. The van der Waals surface area contributed by atoms with E-state index in [-0.39, 0.29) is 24.3 Å². The van der Waals surface area contributed by atoms with Crippen LogP contribution in [0.5, 0.6) is 0 Å². The number of fused-ring (bicyclic) bond motifs is 1. The predicted molar refractivity (Wildman–Crippen MR) is 128 cm³/mol. The number of aryl methyl sites for hydroxylation is 2. The number of carbonyl (C=O) groups is 3. The zero-order valence-corrected chi connectivity index (χ0v) is 20.6. The lowest BCUT2D eigenvalue weighted by molar-refractivity contribution is -0.145. The number of ether oxygens (including phenoxy) is 1. The second-order valence-electron chi connectivity index (χ2n) is 10.1. The van der Waals surface area contributed by atoms with E-state index >= 15 is 0 Å². The first-order valence-electron chi connectivity index (χ1n) is 12.5. The molecule has 1 aromatic carbocycles. The summed E-state index contributed by atoms with van der Waals surface area (Å²) in [5.74, 6) is -1.92. The van der Waals surface area contributed by atoms with Gasteiger partial charge in [-0.05, 0) is 69.6 Å². The molecule has 3 amide bonds. The Morgan fingerprint density at radius 1 is 1.18 bits per heavy atom. The van der Waals surface area contributed by atoms with E-state index in [2.05, 4.69) is 10.6 Å². The number of aliphatic hydroxyl groups is 1. The Morgan fingerprint density at radius 3 is 2.62 bits per heavy atom. The molecule has 186 valence electrons. The summed E-state index contributed by atoms with van der Waals surface area (Å²) in [6, 6.07) is 5.08. The van der Waals surface area contributed by atoms with Crippen LogP contribution in [0.15, 0.2) is 18.2 Å². The first-order chi connectivity index (χ1) is 16.2. The fraction of sp³-hybridized carbons (Fsp3) is 0.654. The van der Waals surface area contributed by atoms with Crippen LogP contribution in [0.1, 0.15) is 56.6 Å². The highest BCUT2D eigenvalue weighted by molar-refractivity contribution is 6.04. The molecule has 3 saturated heterocycles. The molecule has 8 nitrogen and oxygen atoms in total. The van der Waals surface area contributed by atoms with E-state index in [0.29, 0.717) is 38.6 Å².